The van der Waals surface area contributed by atoms with Crippen LogP contribution in [0.25, 0.3) is 0 Å². The number of hydrogen-bond donors (Lipinski definition) is 1. The highest BCUT2D eigenvalue weighted by Crippen LogP contribution is 2.08. The monoisotopic (exact) mass is 206 g/mol. The van der Waals surface area contributed by atoms with Crippen molar-refractivity contribution in [1.29, 1.82) is 0 Å². The van der Waals surface area contributed by atoms with Gasteiger partial charge in [0.2, 0.25) is 0 Å². The average Bonchev–Trinajstić information content (AvgIpc) is 2.27. The van der Waals surface area contributed by atoms with Gasteiger partial charge >= 0.3 is 5.97 Å². The van der Waals surface area contributed by atoms with E-state index < -0.39 is 5.97 Å². The van der Waals surface area contributed by atoms with Crippen LogP contribution in [0.15, 0.2) is 42.7 Å². The van der Waals surface area contributed by atoms with E-state index in [1.165, 1.54) is 0 Å². The Morgan fingerprint density at radius 1 is 1.33 bits per heavy atom. The molecule has 3 nitrogen and oxygen atoms in total. The van der Waals surface area contributed by atoms with Gasteiger partial charge in [-0.15, -0.1) is 0 Å². The number of carbonyl (C=O) groups excluding carboxylic acids is 1. The van der Waals surface area contributed by atoms with Crippen LogP contribution in [-0.2, 0) is 4.74 Å². The first-order chi connectivity index (χ1) is 7.24. The molecule has 0 saturated heterocycles. The first-order valence-electron chi connectivity index (χ1n) is 4.80. The Labute approximate surface area is 89.0 Å². The fourth-order valence-corrected chi connectivity index (χ4v) is 1.09. The third-order valence-corrected chi connectivity index (χ3v) is 1.86. The first-order valence-corrected chi connectivity index (χ1v) is 4.80. The normalized spacial score (nSPS) is 9.67. The summed E-state index contributed by atoms with van der Waals surface area (Å²) >= 11 is 0. The molecule has 0 heterocycles. The molecule has 3 heteroatoms. The molecule has 1 aromatic rings. The number of esters is 1. The summed E-state index contributed by atoms with van der Waals surface area (Å²) < 4.78 is 4.99. The largest absolute Gasteiger partial charge is 0.428 e. The van der Waals surface area contributed by atoms with Crippen LogP contribution in [0, 0.1) is 0 Å². The average molecular weight is 206 g/mol. The first kappa shape index (κ1) is 11.5. The Morgan fingerprint density at radius 3 is 2.60 bits per heavy atom. The number of hydrogen-bond acceptors (Lipinski definition) is 3. The second kappa shape index (κ2) is 5.98. The van der Waals surface area contributed by atoms with Gasteiger partial charge in [-0.25, -0.2) is 4.79 Å². The lowest BCUT2D eigenvalue weighted by molar-refractivity contribution is 0.0612. The number of aliphatic hydroxyl groups excluding tert-OH is 1. The van der Waals surface area contributed by atoms with Gasteiger partial charge in [0.05, 0.1) is 5.56 Å². The number of carbonyl (C=O) groups is 1. The zero-order valence-electron chi connectivity index (χ0n) is 8.48. The van der Waals surface area contributed by atoms with E-state index in [2.05, 4.69) is 6.58 Å². The maximum Gasteiger partial charge on any atom is 0.343 e. The van der Waals surface area contributed by atoms with Crippen LogP contribution in [0.3, 0.4) is 0 Å². The summed E-state index contributed by atoms with van der Waals surface area (Å²) in [6.45, 7) is 3.67. The number of aliphatic hydroxyl groups is 1. The van der Waals surface area contributed by atoms with Crippen molar-refractivity contribution in [3.63, 3.8) is 0 Å². The quantitative estimate of drug-likeness (QED) is 0.593. The Hall–Kier alpha value is -1.61. The van der Waals surface area contributed by atoms with Crippen molar-refractivity contribution in [2.75, 3.05) is 6.61 Å². The number of ether oxygens (including phenoxy) is 1. The van der Waals surface area contributed by atoms with Gasteiger partial charge in [-0.3, -0.25) is 0 Å². The van der Waals surface area contributed by atoms with Crippen molar-refractivity contribution in [1.82, 2.24) is 0 Å². The molecule has 1 rings (SSSR count). The molecule has 1 N–H and O–H groups in total. The Kier molecular flexibility index (Phi) is 4.57. The summed E-state index contributed by atoms with van der Waals surface area (Å²) in [5.41, 5.74) is 0.502. The fraction of sp³-hybridized carbons (Fsp3) is 0.250. The molecular formula is C12H14O3. The zero-order valence-corrected chi connectivity index (χ0v) is 8.48. The summed E-state index contributed by atoms with van der Waals surface area (Å²) in [4.78, 5) is 11.5. The van der Waals surface area contributed by atoms with Gasteiger partial charge in [0, 0.05) is 13.0 Å². The van der Waals surface area contributed by atoms with E-state index in [1.807, 2.05) is 6.07 Å². The molecular weight excluding hydrogens is 192 g/mol. The summed E-state index contributed by atoms with van der Waals surface area (Å²) in [6.07, 6.45) is 1.05. The lowest BCUT2D eigenvalue weighted by Gasteiger charge is -2.06. The van der Waals surface area contributed by atoms with Gasteiger partial charge in [-0.1, -0.05) is 24.8 Å². The summed E-state index contributed by atoms with van der Waals surface area (Å²) in [5.74, 6) is -0.0172. The molecule has 15 heavy (non-hydrogen) atoms. The molecule has 0 spiro atoms. The number of rotatable bonds is 5. The molecule has 0 aliphatic rings. The van der Waals surface area contributed by atoms with E-state index in [-0.39, 0.29) is 6.61 Å². The van der Waals surface area contributed by atoms with Gasteiger partial charge in [0.1, 0.15) is 5.76 Å². The molecule has 0 aromatic heterocycles. The third-order valence-electron chi connectivity index (χ3n) is 1.86. The van der Waals surface area contributed by atoms with E-state index in [0.29, 0.717) is 24.2 Å². The topological polar surface area (TPSA) is 46.5 Å². The van der Waals surface area contributed by atoms with Crippen molar-refractivity contribution in [3.8, 4) is 0 Å². The van der Waals surface area contributed by atoms with Crippen molar-refractivity contribution >= 4 is 5.97 Å². The second-order valence-corrected chi connectivity index (χ2v) is 3.12. The highest BCUT2D eigenvalue weighted by molar-refractivity contribution is 5.89. The minimum absolute atomic E-state index is 0.0713. The maximum atomic E-state index is 11.5. The van der Waals surface area contributed by atoms with Crippen LogP contribution >= 0.6 is 0 Å². The van der Waals surface area contributed by atoms with Crippen molar-refractivity contribution in [2.24, 2.45) is 0 Å². The predicted octanol–water partition coefficient (Wildman–Crippen LogP) is 2.13. The molecule has 1 aromatic carbocycles. The highest BCUT2D eigenvalue weighted by Gasteiger charge is 2.07. The SMILES string of the molecule is C=C(CCCO)OC(=O)c1ccccc1. The van der Waals surface area contributed by atoms with Crippen LogP contribution in [0.5, 0.6) is 0 Å². The molecule has 0 aliphatic heterocycles. The molecule has 0 fully saturated rings. The van der Waals surface area contributed by atoms with E-state index in [1.54, 1.807) is 24.3 Å². The molecule has 80 valence electrons. The third kappa shape index (κ3) is 3.95. The second-order valence-electron chi connectivity index (χ2n) is 3.12. The molecule has 0 amide bonds. The summed E-state index contributed by atoms with van der Waals surface area (Å²) in [6, 6.07) is 8.74. The van der Waals surface area contributed by atoms with Crippen LogP contribution in [0.2, 0.25) is 0 Å². The Balaban J connectivity index is 2.46. The van der Waals surface area contributed by atoms with E-state index in [0.717, 1.165) is 0 Å². The molecule has 0 unspecified atom stereocenters. The van der Waals surface area contributed by atoms with Gasteiger partial charge in [0.15, 0.2) is 0 Å². The molecule has 0 saturated carbocycles. The standard InChI is InChI=1S/C12H14O3/c1-10(6-5-9-13)15-12(14)11-7-3-2-4-8-11/h2-4,7-8,13H,1,5-6,9H2. The van der Waals surface area contributed by atoms with Gasteiger partial charge in [-0.05, 0) is 18.6 Å². The summed E-state index contributed by atoms with van der Waals surface area (Å²) in [7, 11) is 0. The zero-order chi connectivity index (χ0) is 11.1. The predicted molar refractivity (Wildman–Crippen MR) is 57.3 cm³/mol. The Morgan fingerprint density at radius 2 is 2.00 bits per heavy atom. The highest BCUT2D eigenvalue weighted by atomic mass is 16.5. The van der Waals surface area contributed by atoms with E-state index in [4.69, 9.17) is 9.84 Å². The lowest BCUT2D eigenvalue weighted by atomic mass is 10.2. The Bertz CT molecular complexity index is 330. The fourth-order valence-electron chi connectivity index (χ4n) is 1.09. The molecule has 0 atom stereocenters. The minimum Gasteiger partial charge on any atom is -0.428 e. The van der Waals surface area contributed by atoms with Crippen molar-refractivity contribution in [3.05, 3.63) is 48.2 Å². The minimum atomic E-state index is -0.404. The van der Waals surface area contributed by atoms with Crippen LogP contribution in [-0.4, -0.2) is 17.7 Å². The molecule has 0 radical (unpaired) electrons. The molecule has 0 aliphatic carbocycles. The van der Waals surface area contributed by atoms with Crippen molar-refractivity contribution < 1.29 is 14.6 Å². The van der Waals surface area contributed by atoms with Crippen LogP contribution < -0.4 is 0 Å². The maximum absolute atomic E-state index is 11.5. The smallest absolute Gasteiger partial charge is 0.343 e. The van der Waals surface area contributed by atoms with Gasteiger partial charge in [-0.2, -0.15) is 0 Å². The van der Waals surface area contributed by atoms with Gasteiger partial charge < -0.3 is 9.84 Å². The summed E-state index contributed by atoms with van der Waals surface area (Å²) in [5, 5.41) is 8.58. The van der Waals surface area contributed by atoms with Crippen LogP contribution in [0.1, 0.15) is 23.2 Å². The van der Waals surface area contributed by atoms with Crippen LogP contribution in [0.4, 0.5) is 0 Å². The van der Waals surface area contributed by atoms with Crippen molar-refractivity contribution in [2.45, 2.75) is 12.8 Å². The van der Waals surface area contributed by atoms with Gasteiger partial charge in [0.25, 0.3) is 0 Å². The van der Waals surface area contributed by atoms with E-state index in [9.17, 15) is 4.79 Å². The number of allylic oxidation sites excluding steroid dienone is 1. The number of benzene rings is 1. The lowest BCUT2D eigenvalue weighted by Crippen LogP contribution is -2.04. The van der Waals surface area contributed by atoms with E-state index >= 15 is 0 Å². The molecule has 0 bridgehead atoms.